The summed E-state index contributed by atoms with van der Waals surface area (Å²) in [6, 6.07) is 12.3. The second-order valence-corrected chi connectivity index (χ2v) is 10.0. The average molecular weight is 461 g/mol. The van der Waals surface area contributed by atoms with Gasteiger partial charge in [-0.25, -0.2) is 12.7 Å². The van der Waals surface area contributed by atoms with E-state index in [1.165, 1.54) is 20.2 Å². The van der Waals surface area contributed by atoms with Crippen LogP contribution in [0.3, 0.4) is 0 Å². The summed E-state index contributed by atoms with van der Waals surface area (Å²) in [4.78, 5) is 27.0. The molecule has 0 fully saturated rings. The highest BCUT2D eigenvalue weighted by Gasteiger charge is 2.21. The van der Waals surface area contributed by atoms with Crippen molar-refractivity contribution >= 4 is 33.2 Å². The normalized spacial score (nSPS) is 11.6. The Balaban J connectivity index is 2.06. The number of hydrogen-bond acceptors (Lipinski definition) is 5. The Hall–Kier alpha value is -2.75. The molecular formula is C23H32N4O4S. The standard InChI is InChI=1S/C23H32N4O4S/c1-6-13-27(16-23(29)25-20-10-8-7-9-17(20)2)15-22(28)24-19-12-11-18(3)21(14-19)32(30,31)26(4)5/h7-12,14H,6,13,15-16H2,1-5H3,(H,24,28)(H,25,29). The minimum absolute atomic E-state index is 0.0126. The number of benzene rings is 2. The molecule has 32 heavy (non-hydrogen) atoms. The molecule has 0 heterocycles. The summed E-state index contributed by atoms with van der Waals surface area (Å²) in [7, 11) is -0.702. The van der Waals surface area contributed by atoms with Crippen LogP contribution in [-0.4, -0.2) is 63.2 Å². The lowest BCUT2D eigenvalue weighted by Crippen LogP contribution is -2.39. The van der Waals surface area contributed by atoms with Crippen LogP contribution in [0, 0.1) is 13.8 Å². The van der Waals surface area contributed by atoms with E-state index in [0.29, 0.717) is 17.8 Å². The van der Waals surface area contributed by atoms with Crippen molar-refractivity contribution in [2.24, 2.45) is 0 Å². The van der Waals surface area contributed by atoms with Gasteiger partial charge in [0, 0.05) is 25.5 Å². The van der Waals surface area contributed by atoms with Gasteiger partial charge in [-0.1, -0.05) is 31.2 Å². The summed E-state index contributed by atoms with van der Waals surface area (Å²) < 4.78 is 26.2. The van der Waals surface area contributed by atoms with Gasteiger partial charge in [0.15, 0.2) is 0 Å². The van der Waals surface area contributed by atoms with Crippen LogP contribution >= 0.6 is 0 Å². The van der Waals surface area contributed by atoms with Crippen molar-refractivity contribution in [2.75, 3.05) is 44.4 Å². The van der Waals surface area contributed by atoms with E-state index in [4.69, 9.17) is 0 Å². The van der Waals surface area contributed by atoms with Gasteiger partial charge in [-0.05, 0) is 56.1 Å². The van der Waals surface area contributed by atoms with Gasteiger partial charge in [-0.2, -0.15) is 0 Å². The molecule has 0 aliphatic carbocycles. The predicted molar refractivity (Wildman–Crippen MR) is 127 cm³/mol. The Bertz CT molecular complexity index is 1070. The second kappa shape index (κ2) is 11.2. The zero-order valence-electron chi connectivity index (χ0n) is 19.3. The lowest BCUT2D eigenvalue weighted by molar-refractivity contribution is -0.120. The number of hydrogen-bond donors (Lipinski definition) is 2. The molecule has 0 aliphatic rings. The van der Waals surface area contributed by atoms with Gasteiger partial charge in [-0.3, -0.25) is 14.5 Å². The fraction of sp³-hybridized carbons (Fsp3) is 0.391. The number of aryl methyl sites for hydroxylation is 2. The number of rotatable bonds is 10. The molecule has 0 bridgehead atoms. The number of amides is 2. The maximum absolute atomic E-state index is 12.6. The SMILES string of the molecule is CCCN(CC(=O)Nc1ccc(C)c(S(=O)(=O)N(C)C)c1)CC(=O)Nc1ccccc1C. The van der Waals surface area contributed by atoms with Gasteiger partial charge in [0.2, 0.25) is 21.8 Å². The van der Waals surface area contributed by atoms with E-state index in [1.807, 2.05) is 38.1 Å². The number of nitrogens with one attached hydrogen (secondary N) is 2. The minimum Gasteiger partial charge on any atom is -0.325 e. The Kier molecular flexibility index (Phi) is 8.94. The van der Waals surface area contributed by atoms with E-state index in [9.17, 15) is 18.0 Å². The number of nitrogens with zero attached hydrogens (tertiary/aromatic N) is 2. The van der Waals surface area contributed by atoms with E-state index in [1.54, 1.807) is 24.0 Å². The molecular weight excluding hydrogens is 428 g/mol. The second-order valence-electron chi connectivity index (χ2n) is 7.89. The molecule has 0 saturated heterocycles. The molecule has 0 aliphatic heterocycles. The number of para-hydroxylation sites is 1. The van der Waals surface area contributed by atoms with Crippen molar-refractivity contribution < 1.29 is 18.0 Å². The third kappa shape index (κ3) is 6.88. The molecule has 0 atom stereocenters. The predicted octanol–water partition coefficient (Wildman–Crippen LogP) is 2.84. The topological polar surface area (TPSA) is 98.8 Å². The molecule has 8 nitrogen and oxygen atoms in total. The summed E-state index contributed by atoms with van der Waals surface area (Å²) in [5, 5.41) is 5.63. The van der Waals surface area contributed by atoms with Crippen LogP contribution < -0.4 is 10.6 Å². The van der Waals surface area contributed by atoms with Gasteiger partial charge in [0.1, 0.15) is 0 Å². The van der Waals surface area contributed by atoms with Crippen LogP contribution in [0.5, 0.6) is 0 Å². The molecule has 0 saturated carbocycles. The van der Waals surface area contributed by atoms with Crippen molar-refractivity contribution in [3.8, 4) is 0 Å². The quantitative estimate of drug-likeness (QED) is 0.568. The lowest BCUT2D eigenvalue weighted by atomic mass is 10.2. The molecule has 174 valence electrons. The minimum atomic E-state index is -3.63. The molecule has 0 unspecified atom stereocenters. The zero-order chi connectivity index (χ0) is 23.9. The summed E-state index contributed by atoms with van der Waals surface area (Å²) >= 11 is 0. The first-order chi connectivity index (χ1) is 15.0. The first-order valence-electron chi connectivity index (χ1n) is 10.5. The summed E-state index contributed by atoms with van der Waals surface area (Å²) in [5.41, 5.74) is 2.69. The lowest BCUT2D eigenvalue weighted by Gasteiger charge is -2.21. The molecule has 2 N–H and O–H groups in total. The molecule has 0 radical (unpaired) electrons. The number of anilines is 2. The molecule has 0 spiro atoms. The number of sulfonamides is 1. The van der Waals surface area contributed by atoms with Crippen LogP contribution in [0.2, 0.25) is 0 Å². The molecule has 2 rings (SSSR count). The Morgan fingerprint density at radius 1 is 0.906 bits per heavy atom. The fourth-order valence-corrected chi connectivity index (χ4v) is 4.34. The van der Waals surface area contributed by atoms with Gasteiger partial charge in [0.25, 0.3) is 0 Å². The van der Waals surface area contributed by atoms with Crippen molar-refractivity contribution in [3.63, 3.8) is 0 Å². The third-order valence-corrected chi connectivity index (χ3v) is 6.88. The highest BCUT2D eigenvalue weighted by molar-refractivity contribution is 7.89. The number of carbonyl (C=O) groups is 2. The maximum Gasteiger partial charge on any atom is 0.242 e. The van der Waals surface area contributed by atoms with Crippen LogP contribution in [0.1, 0.15) is 24.5 Å². The van der Waals surface area contributed by atoms with Crippen molar-refractivity contribution in [1.29, 1.82) is 0 Å². The van der Waals surface area contributed by atoms with Crippen LogP contribution in [0.15, 0.2) is 47.4 Å². The Morgan fingerprint density at radius 2 is 1.53 bits per heavy atom. The zero-order valence-corrected chi connectivity index (χ0v) is 20.1. The highest BCUT2D eigenvalue weighted by atomic mass is 32.2. The summed E-state index contributed by atoms with van der Waals surface area (Å²) in [6.45, 7) is 6.25. The van der Waals surface area contributed by atoms with Gasteiger partial charge >= 0.3 is 0 Å². The first kappa shape index (κ1) is 25.5. The van der Waals surface area contributed by atoms with Crippen molar-refractivity contribution in [1.82, 2.24) is 9.21 Å². The molecule has 2 amide bonds. The highest BCUT2D eigenvalue weighted by Crippen LogP contribution is 2.22. The number of carbonyl (C=O) groups excluding carboxylic acids is 2. The van der Waals surface area contributed by atoms with Gasteiger partial charge < -0.3 is 10.6 Å². The summed E-state index contributed by atoms with van der Waals surface area (Å²) in [6.07, 6.45) is 0.778. The van der Waals surface area contributed by atoms with E-state index in [-0.39, 0.29) is 29.8 Å². The Labute approximate surface area is 190 Å². The van der Waals surface area contributed by atoms with E-state index >= 15 is 0 Å². The average Bonchev–Trinajstić information content (AvgIpc) is 2.71. The summed E-state index contributed by atoms with van der Waals surface area (Å²) in [5.74, 6) is -0.519. The van der Waals surface area contributed by atoms with Gasteiger partial charge in [0.05, 0.1) is 18.0 Å². The molecule has 2 aromatic carbocycles. The first-order valence-corrected chi connectivity index (χ1v) is 11.9. The van der Waals surface area contributed by atoms with E-state index in [0.717, 1.165) is 22.0 Å². The monoisotopic (exact) mass is 460 g/mol. The maximum atomic E-state index is 12.6. The smallest absolute Gasteiger partial charge is 0.242 e. The Morgan fingerprint density at radius 3 is 2.12 bits per heavy atom. The van der Waals surface area contributed by atoms with E-state index in [2.05, 4.69) is 10.6 Å². The van der Waals surface area contributed by atoms with Crippen LogP contribution in [-0.2, 0) is 19.6 Å². The van der Waals surface area contributed by atoms with Crippen molar-refractivity contribution in [3.05, 3.63) is 53.6 Å². The molecule has 9 heteroatoms. The molecule has 0 aromatic heterocycles. The largest absolute Gasteiger partial charge is 0.325 e. The fourth-order valence-electron chi connectivity index (χ4n) is 3.19. The van der Waals surface area contributed by atoms with Crippen LogP contribution in [0.25, 0.3) is 0 Å². The molecule has 2 aromatic rings. The van der Waals surface area contributed by atoms with Gasteiger partial charge in [-0.15, -0.1) is 0 Å². The van der Waals surface area contributed by atoms with Crippen molar-refractivity contribution in [2.45, 2.75) is 32.1 Å². The van der Waals surface area contributed by atoms with Crippen LogP contribution in [0.4, 0.5) is 11.4 Å². The van der Waals surface area contributed by atoms with E-state index < -0.39 is 10.0 Å². The third-order valence-electron chi connectivity index (χ3n) is 4.92.